The van der Waals surface area contributed by atoms with Crippen molar-refractivity contribution in [3.8, 4) is 0 Å². The highest BCUT2D eigenvalue weighted by Gasteiger charge is 2.07. The van der Waals surface area contributed by atoms with Crippen molar-refractivity contribution in [2.24, 2.45) is 0 Å². The quantitative estimate of drug-likeness (QED) is 0.467. The van der Waals surface area contributed by atoms with Gasteiger partial charge in [0.1, 0.15) is 0 Å². The number of halogens is 1. The molecule has 2 heteroatoms. The molecule has 0 fully saturated rings. The Morgan fingerprint density at radius 1 is 0.905 bits per heavy atom. The molecule has 0 unspecified atom stereocenters. The van der Waals surface area contributed by atoms with Crippen LogP contribution in [-0.4, -0.2) is 12.6 Å². The molecule has 1 aromatic rings. The topological polar surface area (TPSA) is 12.0 Å². The monoisotopic (exact) mass is 309 g/mol. The predicted octanol–water partition coefficient (Wildman–Crippen LogP) is 6.00. The van der Waals surface area contributed by atoms with Crippen LogP contribution < -0.4 is 5.32 Å². The fourth-order valence-electron chi connectivity index (χ4n) is 2.70. The first-order valence-electron chi connectivity index (χ1n) is 8.74. The van der Waals surface area contributed by atoms with Crippen molar-refractivity contribution >= 4 is 11.6 Å². The molecule has 120 valence electrons. The highest BCUT2D eigenvalue weighted by atomic mass is 35.5. The first-order chi connectivity index (χ1) is 10.3. The lowest BCUT2D eigenvalue weighted by molar-refractivity contribution is 0.421. The van der Waals surface area contributed by atoms with E-state index in [2.05, 4.69) is 31.3 Å². The molecular weight excluding hydrogens is 278 g/mol. The van der Waals surface area contributed by atoms with Gasteiger partial charge in [-0.25, -0.2) is 0 Å². The van der Waals surface area contributed by atoms with Gasteiger partial charge in [0.05, 0.1) is 0 Å². The van der Waals surface area contributed by atoms with Gasteiger partial charge in [-0.1, -0.05) is 76.1 Å². The second-order valence-electron chi connectivity index (χ2n) is 6.02. The van der Waals surface area contributed by atoms with Crippen molar-refractivity contribution in [1.82, 2.24) is 5.32 Å². The van der Waals surface area contributed by atoms with E-state index in [0.717, 1.165) is 18.0 Å². The molecule has 0 amide bonds. The predicted molar refractivity (Wildman–Crippen MR) is 95.2 cm³/mol. The second kappa shape index (κ2) is 12.1. The van der Waals surface area contributed by atoms with E-state index in [4.69, 9.17) is 11.6 Å². The third kappa shape index (κ3) is 9.16. The highest BCUT2D eigenvalue weighted by Crippen LogP contribution is 2.12. The summed E-state index contributed by atoms with van der Waals surface area (Å²) in [5.41, 5.74) is 1.37. The van der Waals surface area contributed by atoms with E-state index in [1.165, 1.54) is 56.9 Å². The van der Waals surface area contributed by atoms with Crippen LogP contribution in [-0.2, 0) is 6.42 Å². The SMILES string of the molecule is CCCCCC(CCCCC)NCCc1ccc(Cl)cc1. The van der Waals surface area contributed by atoms with E-state index in [1.807, 2.05) is 12.1 Å². The van der Waals surface area contributed by atoms with Gasteiger partial charge in [0, 0.05) is 11.1 Å². The lowest BCUT2D eigenvalue weighted by atomic mass is 10.0. The van der Waals surface area contributed by atoms with Gasteiger partial charge in [-0.2, -0.15) is 0 Å². The van der Waals surface area contributed by atoms with E-state index in [0.29, 0.717) is 6.04 Å². The van der Waals surface area contributed by atoms with Crippen LogP contribution in [0, 0.1) is 0 Å². The van der Waals surface area contributed by atoms with Crippen LogP contribution in [0.2, 0.25) is 5.02 Å². The molecule has 1 aromatic carbocycles. The summed E-state index contributed by atoms with van der Waals surface area (Å²) >= 11 is 5.92. The van der Waals surface area contributed by atoms with Crippen LogP contribution in [0.4, 0.5) is 0 Å². The Morgan fingerprint density at radius 3 is 2.00 bits per heavy atom. The van der Waals surface area contributed by atoms with Crippen LogP contribution in [0.25, 0.3) is 0 Å². The third-order valence-electron chi connectivity index (χ3n) is 4.07. The zero-order chi connectivity index (χ0) is 15.3. The standard InChI is InChI=1S/C19H32ClN/c1-3-5-7-9-19(10-8-6-4-2)21-16-15-17-11-13-18(20)14-12-17/h11-14,19,21H,3-10,15-16H2,1-2H3. The van der Waals surface area contributed by atoms with Crippen molar-refractivity contribution < 1.29 is 0 Å². The Balaban J connectivity index is 2.27. The first-order valence-corrected chi connectivity index (χ1v) is 9.11. The molecule has 0 heterocycles. The zero-order valence-electron chi connectivity index (χ0n) is 13.8. The average Bonchev–Trinajstić information content (AvgIpc) is 2.49. The van der Waals surface area contributed by atoms with Gasteiger partial charge in [0.15, 0.2) is 0 Å². The van der Waals surface area contributed by atoms with Crippen LogP contribution in [0.15, 0.2) is 24.3 Å². The Labute approximate surface area is 136 Å². The minimum atomic E-state index is 0.704. The Morgan fingerprint density at radius 2 is 1.48 bits per heavy atom. The van der Waals surface area contributed by atoms with Gasteiger partial charge < -0.3 is 5.32 Å². The summed E-state index contributed by atoms with van der Waals surface area (Å²) in [6, 6.07) is 8.93. The molecule has 0 spiro atoms. The summed E-state index contributed by atoms with van der Waals surface area (Å²) in [4.78, 5) is 0. The summed E-state index contributed by atoms with van der Waals surface area (Å²) in [6.07, 6.45) is 11.8. The van der Waals surface area contributed by atoms with Crippen molar-refractivity contribution in [3.05, 3.63) is 34.9 Å². The van der Waals surface area contributed by atoms with Crippen molar-refractivity contribution in [2.75, 3.05) is 6.54 Å². The first kappa shape index (κ1) is 18.5. The average molecular weight is 310 g/mol. The van der Waals surface area contributed by atoms with E-state index in [1.54, 1.807) is 0 Å². The van der Waals surface area contributed by atoms with E-state index in [-0.39, 0.29) is 0 Å². The van der Waals surface area contributed by atoms with E-state index in [9.17, 15) is 0 Å². The van der Waals surface area contributed by atoms with Crippen LogP contribution >= 0.6 is 11.6 Å². The summed E-state index contributed by atoms with van der Waals surface area (Å²) in [5.74, 6) is 0. The fourth-order valence-corrected chi connectivity index (χ4v) is 2.83. The largest absolute Gasteiger partial charge is 0.314 e. The van der Waals surface area contributed by atoms with Crippen LogP contribution in [0.3, 0.4) is 0 Å². The molecule has 21 heavy (non-hydrogen) atoms. The van der Waals surface area contributed by atoms with Gasteiger partial charge in [0.2, 0.25) is 0 Å². The molecular formula is C19H32ClN. The number of nitrogens with one attached hydrogen (secondary N) is 1. The molecule has 1 nitrogen and oxygen atoms in total. The van der Waals surface area contributed by atoms with Gasteiger partial charge in [-0.05, 0) is 43.5 Å². The van der Waals surface area contributed by atoms with Crippen LogP contribution in [0.1, 0.15) is 70.8 Å². The molecule has 0 aliphatic heterocycles. The summed E-state index contributed by atoms with van der Waals surface area (Å²) in [6.45, 7) is 5.63. The molecule has 0 atom stereocenters. The number of rotatable bonds is 12. The van der Waals surface area contributed by atoms with E-state index >= 15 is 0 Å². The molecule has 0 saturated heterocycles. The number of hydrogen-bond acceptors (Lipinski definition) is 1. The summed E-state index contributed by atoms with van der Waals surface area (Å²) < 4.78 is 0. The molecule has 1 N–H and O–H groups in total. The Bertz CT molecular complexity index is 337. The summed E-state index contributed by atoms with van der Waals surface area (Å²) in [7, 11) is 0. The maximum absolute atomic E-state index is 5.92. The molecule has 0 saturated carbocycles. The fraction of sp³-hybridized carbons (Fsp3) is 0.684. The van der Waals surface area contributed by atoms with Crippen LogP contribution in [0.5, 0.6) is 0 Å². The maximum Gasteiger partial charge on any atom is 0.0406 e. The highest BCUT2D eigenvalue weighted by molar-refractivity contribution is 6.30. The van der Waals surface area contributed by atoms with Gasteiger partial charge in [0.25, 0.3) is 0 Å². The van der Waals surface area contributed by atoms with Crippen molar-refractivity contribution in [3.63, 3.8) is 0 Å². The second-order valence-corrected chi connectivity index (χ2v) is 6.46. The molecule has 0 radical (unpaired) electrons. The summed E-state index contributed by atoms with van der Waals surface area (Å²) in [5, 5.41) is 4.59. The molecule has 0 aliphatic rings. The lowest BCUT2D eigenvalue weighted by Gasteiger charge is -2.19. The normalized spacial score (nSPS) is 11.2. The minimum Gasteiger partial charge on any atom is -0.314 e. The maximum atomic E-state index is 5.92. The number of hydrogen-bond donors (Lipinski definition) is 1. The Kier molecular flexibility index (Phi) is 10.6. The Hall–Kier alpha value is -0.530. The minimum absolute atomic E-state index is 0.704. The lowest BCUT2D eigenvalue weighted by Crippen LogP contribution is -2.31. The smallest absolute Gasteiger partial charge is 0.0406 e. The molecule has 0 aliphatic carbocycles. The van der Waals surface area contributed by atoms with Crippen molar-refractivity contribution in [2.45, 2.75) is 77.7 Å². The third-order valence-corrected chi connectivity index (χ3v) is 4.32. The van der Waals surface area contributed by atoms with Crippen molar-refractivity contribution in [1.29, 1.82) is 0 Å². The van der Waals surface area contributed by atoms with E-state index < -0.39 is 0 Å². The molecule has 0 aromatic heterocycles. The molecule has 1 rings (SSSR count). The zero-order valence-corrected chi connectivity index (χ0v) is 14.6. The number of unbranched alkanes of at least 4 members (excludes halogenated alkanes) is 4. The van der Waals surface area contributed by atoms with Gasteiger partial charge in [-0.3, -0.25) is 0 Å². The van der Waals surface area contributed by atoms with Gasteiger partial charge >= 0.3 is 0 Å². The molecule has 0 bridgehead atoms. The number of benzene rings is 1. The van der Waals surface area contributed by atoms with Gasteiger partial charge in [-0.15, -0.1) is 0 Å².